The minimum absolute atomic E-state index is 0.0787. The first-order valence-electron chi connectivity index (χ1n) is 9.47. The monoisotopic (exact) mass is 408 g/mol. The standard InChI is InChI=1S/C21H20F4N2O2/c22-19-5-13(21(23,24)25)1-2-15(19)17-6-26-7-18-14(17)3-4-16(18)20(11-29)27-8-12(9-27)10-28/h1-2,5-7,11-12,16,20,28H,3-4,8-10H2. The number of benzene rings is 1. The van der Waals surface area contributed by atoms with Gasteiger partial charge in [0.15, 0.2) is 0 Å². The molecule has 4 rings (SSSR count). The van der Waals surface area contributed by atoms with Crippen molar-refractivity contribution in [3.8, 4) is 11.1 Å². The lowest BCUT2D eigenvalue weighted by Gasteiger charge is -2.43. The number of aliphatic hydroxyl groups is 1. The van der Waals surface area contributed by atoms with Crippen LogP contribution in [0.2, 0.25) is 0 Å². The molecule has 1 saturated heterocycles. The first-order chi connectivity index (χ1) is 13.8. The van der Waals surface area contributed by atoms with Crippen molar-refractivity contribution in [3.05, 3.63) is 53.1 Å². The van der Waals surface area contributed by atoms with Crippen LogP contribution in [-0.2, 0) is 17.4 Å². The van der Waals surface area contributed by atoms with Crippen molar-refractivity contribution in [3.63, 3.8) is 0 Å². The number of fused-ring (bicyclic) bond motifs is 1. The van der Waals surface area contributed by atoms with E-state index in [4.69, 9.17) is 0 Å². The zero-order chi connectivity index (χ0) is 20.8. The Bertz CT molecular complexity index is 925. The second-order valence-electron chi connectivity index (χ2n) is 7.72. The zero-order valence-corrected chi connectivity index (χ0v) is 15.5. The van der Waals surface area contributed by atoms with Gasteiger partial charge in [-0.2, -0.15) is 13.2 Å². The maximum Gasteiger partial charge on any atom is 0.416 e. The van der Waals surface area contributed by atoms with Crippen LogP contribution in [0.3, 0.4) is 0 Å². The van der Waals surface area contributed by atoms with E-state index >= 15 is 0 Å². The predicted octanol–water partition coefficient (Wildman–Crippen LogP) is 3.43. The lowest BCUT2D eigenvalue weighted by atomic mass is 9.88. The first-order valence-corrected chi connectivity index (χ1v) is 9.47. The Labute approximate surface area is 165 Å². The number of aldehydes is 1. The summed E-state index contributed by atoms with van der Waals surface area (Å²) in [5.74, 6) is -0.880. The summed E-state index contributed by atoms with van der Waals surface area (Å²) in [5, 5.41) is 9.21. The Balaban J connectivity index is 1.66. The normalized spacial score (nSPS) is 20.9. The highest BCUT2D eigenvalue weighted by molar-refractivity contribution is 5.71. The summed E-state index contributed by atoms with van der Waals surface area (Å²) >= 11 is 0. The summed E-state index contributed by atoms with van der Waals surface area (Å²) in [6.07, 6.45) is 0.702. The molecule has 0 bridgehead atoms. The van der Waals surface area contributed by atoms with Crippen molar-refractivity contribution in [2.75, 3.05) is 19.7 Å². The van der Waals surface area contributed by atoms with E-state index < -0.39 is 17.6 Å². The molecule has 2 aliphatic rings. The molecule has 1 N–H and O–H groups in total. The summed E-state index contributed by atoms with van der Waals surface area (Å²) in [7, 11) is 0. The van der Waals surface area contributed by atoms with Crippen molar-refractivity contribution >= 4 is 6.29 Å². The van der Waals surface area contributed by atoms with Crippen molar-refractivity contribution in [2.45, 2.75) is 31.0 Å². The largest absolute Gasteiger partial charge is 0.416 e. The van der Waals surface area contributed by atoms with Gasteiger partial charge in [0.2, 0.25) is 0 Å². The van der Waals surface area contributed by atoms with Crippen molar-refractivity contribution in [1.82, 2.24) is 9.88 Å². The van der Waals surface area contributed by atoms with Crippen molar-refractivity contribution in [1.29, 1.82) is 0 Å². The molecule has 0 spiro atoms. The van der Waals surface area contributed by atoms with E-state index in [0.29, 0.717) is 37.6 Å². The second kappa shape index (κ2) is 7.50. The Morgan fingerprint density at radius 2 is 2.00 bits per heavy atom. The topological polar surface area (TPSA) is 53.4 Å². The number of aromatic nitrogens is 1. The van der Waals surface area contributed by atoms with E-state index in [2.05, 4.69) is 4.98 Å². The van der Waals surface area contributed by atoms with E-state index in [1.54, 1.807) is 6.20 Å². The van der Waals surface area contributed by atoms with Crippen LogP contribution < -0.4 is 0 Å². The molecule has 1 aromatic carbocycles. The number of carbonyl (C=O) groups excluding carboxylic acids is 1. The van der Waals surface area contributed by atoms with Gasteiger partial charge < -0.3 is 9.90 Å². The molecule has 2 atom stereocenters. The number of hydrogen-bond acceptors (Lipinski definition) is 4. The third-order valence-corrected chi connectivity index (χ3v) is 6.00. The number of aliphatic hydroxyl groups excluding tert-OH is 1. The molecule has 0 amide bonds. The third-order valence-electron chi connectivity index (χ3n) is 6.00. The number of rotatable bonds is 5. The maximum absolute atomic E-state index is 14.5. The van der Waals surface area contributed by atoms with Crippen LogP contribution in [0.4, 0.5) is 17.6 Å². The molecule has 8 heteroatoms. The Hall–Kier alpha value is -2.32. The number of likely N-dealkylation sites (tertiary alicyclic amines) is 1. The van der Waals surface area contributed by atoms with Crippen molar-refractivity contribution in [2.24, 2.45) is 5.92 Å². The van der Waals surface area contributed by atoms with Gasteiger partial charge in [0.25, 0.3) is 0 Å². The Morgan fingerprint density at radius 3 is 2.62 bits per heavy atom. The SMILES string of the molecule is O=CC(C1CCc2c(-c3ccc(C(F)(F)F)cc3F)cncc21)N1CC(CO)C1. The van der Waals surface area contributed by atoms with Crippen LogP contribution in [-0.4, -0.2) is 47.0 Å². The van der Waals surface area contributed by atoms with Crippen LogP contribution in [0, 0.1) is 11.7 Å². The summed E-state index contributed by atoms with van der Waals surface area (Å²) in [6.45, 7) is 1.38. The molecule has 1 fully saturated rings. The van der Waals surface area contributed by atoms with E-state index in [1.165, 1.54) is 6.20 Å². The number of nitrogens with zero attached hydrogens (tertiary/aromatic N) is 2. The van der Waals surface area contributed by atoms with E-state index in [1.807, 2.05) is 4.90 Å². The van der Waals surface area contributed by atoms with Crippen LogP contribution >= 0.6 is 0 Å². The molecule has 154 valence electrons. The van der Waals surface area contributed by atoms with Crippen LogP contribution in [0.5, 0.6) is 0 Å². The molecule has 2 heterocycles. The van der Waals surface area contributed by atoms with Gasteiger partial charge in [-0.1, -0.05) is 6.07 Å². The fourth-order valence-corrected chi connectivity index (χ4v) is 4.46. The summed E-state index contributed by atoms with van der Waals surface area (Å²) in [5.41, 5.74) is 1.18. The fourth-order valence-electron chi connectivity index (χ4n) is 4.46. The minimum Gasteiger partial charge on any atom is -0.396 e. The average molecular weight is 408 g/mol. The van der Waals surface area contributed by atoms with Gasteiger partial charge in [-0.3, -0.25) is 9.88 Å². The van der Waals surface area contributed by atoms with Crippen LogP contribution in [0.15, 0.2) is 30.6 Å². The van der Waals surface area contributed by atoms with Gasteiger partial charge in [-0.15, -0.1) is 0 Å². The minimum atomic E-state index is -4.61. The van der Waals surface area contributed by atoms with Crippen LogP contribution in [0.1, 0.15) is 29.0 Å². The zero-order valence-electron chi connectivity index (χ0n) is 15.5. The lowest BCUT2D eigenvalue weighted by Crippen LogP contribution is -2.55. The van der Waals surface area contributed by atoms with E-state index in [9.17, 15) is 27.5 Å². The molecular weight excluding hydrogens is 388 g/mol. The number of carbonyl (C=O) groups is 1. The number of hydrogen-bond donors (Lipinski definition) is 1. The molecule has 1 aromatic heterocycles. The van der Waals surface area contributed by atoms with Gasteiger partial charge in [0, 0.05) is 55.1 Å². The second-order valence-corrected chi connectivity index (χ2v) is 7.72. The smallest absolute Gasteiger partial charge is 0.396 e. The van der Waals surface area contributed by atoms with Gasteiger partial charge >= 0.3 is 6.18 Å². The molecule has 0 saturated carbocycles. The number of halogens is 4. The van der Waals surface area contributed by atoms with Crippen LogP contribution in [0.25, 0.3) is 11.1 Å². The van der Waals surface area contributed by atoms with Gasteiger partial charge in [0.05, 0.1) is 11.6 Å². The highest BCUT2D eigenvalue weighted by atomic mass is 19.4. The Kier molecular flexibility index (Phi) is 5.16. The first kappa shape index (κ1) is 20.0. The molecule has 0 radical (unpaired) electrons. The molecule has 29 heavy (non-hydrogen) atoms. The van der Waals surface area contributed by atoms with Crippen molar-refractivity contribution < 1.29 is 27.5 Å². The lowest BCUT2D eigenvalue weighted by molar-refractivity contribution is -0.137. The molecule has 1 aliphatic heterocycles. The highest BCUT2D eigenvalue weighted by Crippen LogP contribution is 2.43. The van der Waals surface area contributed by atoms with Gasteiger partial charge in [-0.25, -0.2) is 4.39 Å². The number of alkyl halides is 3. The molecule has 4 nitrogen and oxygen atoms in total. The predicted molar refractivity (Wildman–Crippen MR) is 97.7 cm³/mol. The summed E-state index contributed by atoms with van der Waals surface area (Å²) in [4.78, 5) is 18.0. The maximum atomic E-state index is 14.5. The van der Waals surface area contributed by atoms with E-state index in [0.717, 1.165) is 29.5 Å². The molecular formula is C21H20F4N2O2. The quantitative estimate of drug-likeness (QED) is 0.609. The van der Waals surface area contributed by atoms with Gasteiger partial charge in [0.1, 0.15) is 12.1 Å². The average Bonchev–Trinajstić information content (AvgIpc) is 3.07. The molecule has 2 unspecified atom stereocenters. The molecule has 1 aliphatic carbocycles. The fraction of sp³-hybridized carbons (Fsp3) is 0.429. The third kappa shape index (κ3) is 3.55. The summed E-state index contributed by atoms with van der Waals surface area (Å²) in [6, 6.07) is 2.16. The summed E-state index contributed by atoms with van der Waals surface area (Å²) < 4.78 is 53.0. The van der Waals surface area contributed by atoms with Gasteiger partial charge in [-0.05, 0) is 36.1 Å². The molecule has 2 aromatic rings. The highest BCUT2D eigenvalue weighted by Gasteiger charge is 2.40. The number of pyridine rings is 1. The Morgan fingerprint density at radius 1 is 1.24 bits per heavy atom. The van der Waals surface area contributed by atoms with E-state index in [-0.39, 0.29) is 30.0 Å².